The number of aliphatic hydroxyl groups excluding tert-OH is 5. The van der Waals surface area contributed by atoms with Crippen LogP contribution in [0.3, 0.4) is 0 Å². The Bertz CT molecular complexity index is 578. The first-order valence-corrected chi connectivity index (χ1v) is 9.50. The number of hydrogen-bond acceptors (Lipinski definition) is 8. The van der Waals surface area contributed by atoms with Crippen LogP contribution in [0.5, 0.6) is 0 Å². The van der Waals surface area contributed by atoms with Crippen LogP contribution in [0, 0.1) is 5.41 Å². The Morgan fingerprint density at radius 1 is 1.07 bits per heavy atom. The molecule has 3 fully saturated rings. The molecule has 5 N–H and O–H groups in total. The van der Waals surface area contributed by atoms with E-state index >= 15 is 0 Å². The molecule has 156 valence electrons. The quantitative estimate of drug-likeness (QED) is 0.313. The van der Waals surface area contributed by atoms with Gasteiger partial charge in [-0.3, -0.25) is 0 Å². The lowest BCUT2D eigenvalue weighted by Crippen LogP contribution is -2.59. The minimum atomic E-state index is -1.47. The van der Waals surface area contributed by atoms with Crippen LogP contribution in [0.4, 0.5) is 0 Å². The maximum absolute atomic E-state index is 10.1. The standard InChI is InChI=1S/C19H32O8/c1-10(25-16-15(24)14(23)13(22)12(9-20)26-16)5-6-19-17(2,3)7-11(21)8-18(19,4)27-19/h5-6,10-16,20-24H,7-9H2,1-4H3/b6-5+/t10?,11-,12+,13+,14-,15+,16+,18-,19+/m0/s1. The van der Waals surface area contributed by atoms with Gasteiger partial charge >= 0.3 is 0 Å². The van der Waals surface area contributed by atoms with Gasteiger partial charge in [0.25, 0.3) is 0 Å². The van der Waals surface area contributed by atoms with Crippen molar-refractivity contribution < 1.29 is 39.7 Å². The van der Waals surface area contributed by atoms with Crippen molar-refractivity contribution in [3.8, 4) is 0 Å². The summed E-state index contributed by atoms with van der Waals surface area (Å²) in [4.78, 5) is 0. The Morgan fingerprint density at radius 2 is 1.74 bits per heavy atom. The van der Waals surface area contributed by atoms with Crippen LogP contribution in [0.15, 0.2) is 12.2 Å². The van der Waals surface area contributed by atoms with Gasteiger partial charge in [0.2, 0.25) is 0 Å². The first-order valence-electron chi connectivity index (χ1n) is 9.50. The molecule has 9 atom stereocenters. The van der Waals surface area contributed by atoms with E-state index in [-0.39, 0.29) is 5.41 Å². The molecule has 0 bridgehead atoms. The zero-order valence-corrected chi connectivity index (χ0v) is 16.3. The van der Waals surface area contributed by atoms with Crippen LogP contribution < -0.4 is 0 Å². The number of aliphatic hydroxyl groups is 5. The van der Waals surface area contributed by atoms with Gasteiger partial charge < -0.3 is 39.7 Å². The van der Waals surface area contributed by atoms with Crippen molar-refractivity contribution in [2.45, 2.75) is 94.7 Å². The molecule has 0 radical (unpaired) electrons. The fourth-order valence-electron chi connectivity index (χ4n) is 4.78. The lowest BCUT2D eigenvalue weighted by Gasteiger charge is -2.40. The summed E-state index contributed by atoms with van der Waals surface area (Å²) in [5.74, 6) is 0. The Morgan fingerprint density at radius 3 is 2.33 bits per heavy atom. The summed E-state index contributed by atoms with van der Waals surface area (Å²) in [7, 11) is 0. The maximum Gasteiger partial charge on any atom is 0.187 e. The predicted molar refractivity (Wildman–Crippen MR) is 94.7 cm³/mol. The molecule has 0 aromatic carbocycles. The maximum atomic E-state index is 10.1. The lowest BCUT2D eigenvalue weighted by atomic mass is 9.63. The van der Waals surface area contributed by atoms with Gasteiger partial charge in [-0.05, 0) is 20.3 Å². The van der Waals surface area contributed by atoms with Crippen molar-refractivity contribution in [1.82, 2.24) is 0 Å². The number of epoxide rings is 1. The molecule has 0 amide bonds. The lowest BCUT2D eigenvalue weighted by molar-refractivity contribution is -0.306. The van der Waals surface area contributed by atoms with E-state index in [0.717, 1.165) is 0 Å². The van der Waals surface area contributed by atoms with E-state index in [4.69, 9.17) is 14.2 Å². The second-order valence-corrected chi connectivity index (χ2v) is 8.91. The number of hydrogen-bond donors (Lipinski definition) is 5. The minimum absolute atomic E-state index is 0.251. The van der Waals surface area contributed by atoms with Crippen molar-refractivity contribution in [1.29, 1.82) is 0 Å². The van der Waals surface area contributed by atoms with Gasteiger partial charge in [-0.15, -0.1) is 0 Å². The average molecular weight is 388 g/mol. The van der Waals surface area contributed by atoms with E-state index in [1.54, 1.807) is 6.92 Å². The molecule has 1 aliphatic carbocycles. The molecule has 8 heteroatoms. The summed E-state index contributed by atoms with van der Waals surface area (Å²) in [5, 5.41) is 49.1. The van der Waals surface area contributed by atoms with E-state index in [0.29, 0.717) is 12.8 Å². The van der Waals surface area contributed by atoms with Crippen molar-refractivity contribution in [2.24, 2.45) is 5.41 Å². The molecule has 2 heterocycles. The van der Waals surface area contributed by atoms with Crippen LogP contribution in [0.25, 0.3) is 0 Å². The summed E-state index contributed by atoms with van der Waals surface area (Å²) in [6, 6.07) is 0. The Hall–Kier alpha value is -0.580. The second-order valence-electron chi connectivity index (χ2n) is 8.91. The second kappa shape index (κ2) is 7.03. The fraction of sp³-hybridized carbons (Fsp3) is 0.895. The third kappa shape index (κ3) is 3.47. The van der Waals surface area contributed by atoms with Crippen LogP contribution >= 0.6 is 0 Å². The third-order valence-corrected chi connectivity index (χ3v) is 6.31. The topological polar surface area (TPSA) is 132 Å². The largest absolute Gasteiger partial charge is 0.394 e. The molecule has 8 nitrogen and oxygen atoms in total. The smallest absolute Gasteiger partial charge is 0.187 e. The predicted octanol–water partition coefficient (Wildman–Crippen LogP) is -0.544. The molecule has 27 heavy (non-hydrogen) atoms. The van der Waals surface area contributed by atoms with Gasteiger partial charge in [-0.25, -0.2) is 0 Å². The summed E-state index contributed by atoms with van der Waals surface area (Å²) >= 11 is 0. The van der Waals surface area contributed by atoms with Crippen LogP contribution in [-0.2, 0) is 14.2 Å². The highest BCUT2D eigenvalue weighted by Gasteiger charge is 2.74. The van der Waals surface area contributed by atoms with Crippen LogP contribution in [-0.4, -0.2) is 86.3 Å². The molecular weight excluding hydrogens is 356 g/mol. The van der Waals surface area contributed by atoms with Crippen LogP contribution in [0.1, 0.15) is 40.5 Å². The van der Waals surface area contributed by atoms with Crippen molar-refractivity contribution in [3.63, 3.8) is 0 Å². The third-order valence-electron chi connectivity index (χ3n) is 6.31. The Balaban J connectivity index is 1.67. The average Bonchev–Trinajstić information content (AvgIpc) is 3.19. The molecule has 1 saturated carbocycles. The summed E-state index contributed by atoms with van der Waals surface area (Å²) in [5.41, 5.74) is -1.17. The summed E-state index contributed by atoms with van der Waals surface area (Å²) in [6.07, 6.45) is -2.39. The van der Waals surface area contributed by atoms with Gasteiger partial charge in [-0.1, -0.05) is 26.0 Å². The van der Waals surface area contributed by atoms with Crippen molar-refractivity contribution >= 4 is 0 Å². The SMILES string of the molecule is CC(/C=C/[C@]12O[C@@]1(C)C[C@@H](O)CC2(C)C)O[C@@H]1O[C@H](CO)[C@@H](O)[C@H](O)[C@H]1O. The molecule has 3 aliphatic rings. The minimum Gasteiger partial charge on any atom is -0.394 e. The molecule has 1 unspecified atom stereocenters. The number of fused-ring (bicyclic) bond motifs is 1. The molecular formula is C19H32O8. The van der Waals surface area contributed by atoms with Gasteiger partial charge in [0.05, 0.1) is 18.8 Å². The van der Waals surface area contributed by atoms with E-state index in [1.165, 1.54) is 0 Å². The molecule has 3 rings (SSSR count). The number of ether oxygens (including phenoxy) is 3. The summed E-state index contributed by atoms with van der Waals surface area (Å²) in [6.45, 7) is 7.38. The first-order chi connectivity index (χ1) is 12.5. The zero-order chi connectivity index (χ0) is 20.2. The van der Waals surface area contributed by atoms with E-state index < -0.39 is 60.7 Å². The summed E-state index contributed by atoms with van der Waals surface area (Å²) < 4.78 is 17.1. The number of rotatable bonds is 5. The monoisotopic (exact) mass is 388 g/mol. The van der Waals surface area contributed by atoms with Crippen LogP contribution in [0.2, 0.25) is 0 Å². The molecule has 2 saturated heterocycles. The zero-order valence-electron chi connectivity index (χ0n) is 16.3. The van der Waals surface area contributed by atoms with Crippen molar-refractivity contribution in [2.75, 3.05) is 6.61 Å². The molecule has 0 spiro atoms. The highest BCUT2D eigenvalue weighted by Crippen LogP contribution is 2.66. The van der Waals surface area contributed by atoms with E-state index in [1.807, 2.05) is 19.1 Å². The normalized spacial score (nSPS) is 50.4. The van der Waals surface area contributed by atoms with E-state index in [2.05, 4.69) is 13.8 Å². The van der Waals surface area contributed by atoms with Gasteiger partial charge in [0.15, 0.2) is 6.29 Å². The Kier molecular flexibility index (Phi) is 5.51. The van der Waals surface area contributed by atoms with Crippen molar-refractivity contribution in [3.05, 3.63) is 12.2 Å². The molecule has 0 aromatic rings. The Labute approximate surface area is 159 Å². The molecule has 0 aromatic heterocycles. The fourth-order valence-corrected chi connectivity index (χ4v) is 4.78. The molecule has 2 aliphatic heterocycles. The highest BCUT2D eigenvalue weighted by atomic mass is 16.7. The van der Waals surface area contributed by atoms with E-state index in [9.17, 15) is 25.5 Å². The van der Waals surface area contributed by atoms with Gasteiger partial charge in [0.1, 0.15) is 35.6 Å². The first kappa shape index (κ1) is 21.1. The highest BCUT2D eigenvalue weighted by molar-refractivity contribution is 5.32. The van der Waals surface area contributed by atoms with Gasteiger partial charge in [0, 0.05) is 11.8 Å². The van der Waals surface area contributed by atoms with Gasteiger partial charge in [-0.2, -0.15) is 0 Å².